The first-order valence-electron chi connectivity index (χ1n) is 5.37. The lowest BCUT2D eigenvalue weighted by atomic mass is 10.2. The van der Waals surface area contributed by atoms with E-state index in [1.54, 1.807) is 0 Å². The van der Waals surface area contributed by atoms with Crippen LogP contribution in [0.5, 0.6) is 0 Å². The van der Waals surface area contributed by atoms with E-state index < -0.39 is 16.0 Å². The summed E-state index contributed by atoms with van der Waals surface area (Å²) in [6.45, 7) is 0.369. The van der Waals surface area contributed by atoms with Gasteiger partial charge in [0, 0.05) is 6.54 Å². The lowest BCUT2D eigenvalue weighted by Gasteiger charge is -2.05. The molecule has 1 aliphatic carbocycles. The van der Waals surface area contributed by atoms with Gasteiger partial charge in [0.2, 0.25) is 10.0 Å². The molecule has 0 aliphatic heterocycles. The third kappa shape index (κ3) is 5.27. The zero-order chi connectivity index (χ0) is 12.0. The fourth-order valence-corrected chi connectivity index (χ4v) is 2.63. The molecule has 0 aromatic carbocycles. The third-order valence-corrected chi connectivity index (χ3v) is 3.87. The van der Waals surface area contributed by atoms with Crippen LogP contribution in [0, 0.1) is 0 Å². The molecule has 0 saturated carbocycles. The Balaban J connectivity index is 2.22. The number of carboxylic acid groups (broad SMARTS) is 1. The van der Waals surface area contributed by atoms with Gasteiger partial charge in [0.1, 0.15) is 0 Å². The molecule has 16 heavy (non-hydrogen) atoms. The molecule has 0 fully saturated rings. The average molecular weight is 247 g/mol. The maximum atomic E-state index is 11.3. The number of allylic oxidation sites excluding steroid dienone is 1. The van der Waals surface area contributed by atoms with Crippen molar-refractivity contribution in [2.24, 2.45) is 0 Å². The molecule has 0 radical (unpaired) electrons. The van der Waals surface area contributed by atoms with Gasteiger partial charge in [0.25, 0.3) is 0 Å². The highest BCUT2D eigenvalue weighted by molar-refractivity contribution is 7.89. The van der Waals surface area contributed by atoms with Crippen LogP contribution in [-0.2, 0) is 14.8 Å². The van der Waals surface area contributed by atoms with Crippen LogP contribution in [0.4, 0.5) is 0 Å². The maximum absolute atomic E-state index is 11.3. The zero-order valence-electron chi connectivity index (χ0n) is 9.11. The van der Waals surface area contributed by atoms with Crippen LogP contribution in [0.1, 0.15) is 32.1 Å². The number of carbonyl (C=O) groups is 1. The first-order valence-corrected chi connectivity index (χ1v) is 7.02. The summed E-state index contributed by atoms with van der Waals surface area (Å²) in [5.41, 5.74) is 1.29. The van der Waals surface area contributed by atoms with Crippen molar-refractivity contribution in [2.75, 3.05) is 12.3 Å². The van der Waals surface area contributed by atoms with Crippen LogP contribution in [-0.4, -0.2) is 31.8 Å². The molecule has 0 saturated heterocycles. The molecule has 0 spiro atoms. The van der Waals surface area contributed by atoms with Gasteiger partial charge in [-0.1, -0.05) is 11.6 Å². The predicted molar refractivity (Wildman–Crippen MR) is 60.6 cm³/mol. The molecular weight excluding hydrogens is 230 g/mol. The Labute approximate surface area is 95.6 Å². The maximum Gasteiger partial charge on any atom is 0.304 e. The van der Waals surface area contributed by atoms with Gasteiger partial charge in [0.05, 0.1) is 12.2 Å². The van der Waals surface area contributed by atoms with Crippen molar-refractivity contribution < 1.29 is 18.3 Å². The highest BCUT2D eigenvalue weighted by Crippen LogP contribution is 2.19. The molecule has 92 valence electrons. The van der Waals surface area contributed by atoms with Crippen molar-refractivity contribution in [3.05, 3.63) is 11.6 Å². The summed E-state index contributed by atoms with van der Waals surface area (Å²) in [6.07, 6.45) is 5.81. The fraction of sp³-hybridized carbons (Fsp3) is 0.700. The minimum Gasteiger partial charge on any atom is -0.481 e. The summed E-state index contributed by atoms with van der Waals surface area (Å²) >= 11 is 0. The standard InChI is InChI=1S/C10H17NO4S/c12-10(13)6-8-16(14,15)11-7-5-9-3-1-2-4-9/h3,11H,1-2,4-8H2,(H,12,13). The molecule has 0 heterocycles. The van der Waals surface area contributed by atoms with E-state index in [9.17, 15) is 13.2 Å². The van der Waals surface area contributed by atoms with Crippen molar-refractivity contribution in [1.29, 1.82) is 0 Å². The van der Waals surface area contributed by atoms with E-state index in [-0.39, 0.29) is 12.2 Å². The van der Waals surface area contributed by atoms with Gasteiger partial charge in [-0.3, -0.25) is 4.79 Å². The van der Waals surface area contributed by atoms with Gasteiger partial charge in [-0.05, 0) is 25.7 Å². The number of hydrogen-bond donors (Lipinski definition) is 2. The molecule has 0 aromatic rings. The topological polar surface area (TPSA) is 83.5 Å². The Morgan fingerprint density at radius 1 is 1.50 bits per heavy atom. The molecule has 6 heteroatoms. The van der Waals surface area contributed by atoms with Gasteiger partial charge in [-0.25, -0.2) is 13.1 Å². The van der Waals surface area contributed by atoms with E-state index in [0.29, 0.717) is 6.54 Å². The van der Waals surface area contributed by atoms with E-state index in [4.69, 9.17) is 5.11 Å². The van der Waals surface area contributed by atoms with Crippen molar-refractivity contribution in [2.45, 2.75) is 32.1 Å². The molecule has 0 aromatic heterocycles. The van der Waals surface area contributed by atoms with E-state index in [1.165, 1.54) is 5.57 Å². The largest absolute Gasteiger partial charge is 0.481 e. The molecule has 0 unspecified atom stereocenters. The lowest BCUT2D eigenvalue weighted by Crippen LogP contribution is -2.28. The minimum absolute atomic E-state index is 0.346. The van der Waals surface area contributed by atoms with Gasteiger partial charge in [-0.15, -0.1) is 0 Å². The molecule has 5 nitrogen and oxygen atoms in total. The Bertz CT molecular complexity index is 372. The highest BCUT2D eigenvalue weighted by Gasteiger charge is 2.12. The van der Waals surface area contributed by atoms with Gasteiger partial charge in [-0.2, -0.15) is 0 Å². The lowest BCUT2D eigenvalue weighted by molar-refractivity contribution is -0.136. The SMILES string of the molecule is O=C(O)CCS(=O)(=O)NCCC1=CCCC1. The number of aliphatic carboxylic acids is 1. The quantitative estimate of drug-likeness (QED) is 0.654. The smallest absolute Gasteiger partial charge is 0.304 e. The molecule has 0 bridgehead atoms. The molecule has 2 N–H and O–H groups in total. The van der Waals surface area contributed by atoms with E-state index in [0.717, 1.165) is 25.7 Å². The normalized spacial score (nSPS) is 16.1. The van der Waals surface area contributed by atoms with E-state index in [1.807, 2.05) is 0 Å². The number of carboxylic acids is 1. The van der Waals surface area contributed by atoms with Gasteiger partial charge < -0.3 is 5.11 Å². The monoisotopic (exact) mass is 247 g/mol. The van der Waals surface area contributed by atoms with Gasteiger partial charge in [0.15, 0.2) is 0 Å². The molecule has 1 aliphatic rings. The van der Waals surface area contributed by atoms with Crippen LogP contribution in [0.15, 0.2) is 11.6 Å². The van der Waals surface area contributed by atoms with E-state index >= 15 is 0 Å². The van der Waals surface area contributed by atoms with Gasteiger partial charge >= 0.3 is 5.97 Å². The molecule has 1 rings (SSSR count). The van der Waals surface area contributed by atoms with Crippen LogP contribution in [0.25, 0.3) is 0 Å². The Kier molecular flexibility index (Phi) is 4.95. The summed E-state index contributed by atoms with van der Waals surface area (Å²) < 4.78 is 25.0. The van der Waals surface area contributed by atoms with Crippen molar-refractivity contribution >= 4 is 16.0 Å². The van der Waals surface area contributed by atoms with Crippen LogP contribution >= 0.6 is 0 Å². The van der Waals surface area contributed by atoms with Crippen LogP contribution in [0.3, 0.4) is 0 Å². The summed E-state index contributed by atoms with van der Waals surface area (Å²) in [5.74, 6) is -1.44. The number of rotatable bonds is 7. The number of hydrogen-bond acceptors (Lipinski definition) is 3. The molecule has 0 amide bonds. The summed E-state index contributed by atoms with van der Waals surface area (Å²) in [4.78, 5) is 10.2. The van der Waals surface area contributed by atoms with Crippen molar-refractivity contribution in [3.8, 4) is 0 Å². The van der Waals surface area contributed by atoms with E-state index in [2.05, 4.69) is 10.8 Å². The number of sulfonamides is 1. The molecular formula is C10H17NO4S. The second-order valence-electron chi connectivity index (χ2n) is 3.86. The fourth-order valence-electron chi connectivity index (χ4n) is 1.63. The average Bonchev–Trinajstić information content (AvgIpc) is 2.68. The number of nitrogens with one attached hydrogen (secondary N) is 1. The zero-order valence-corrected chi connectivity index (χ0v) is 9.92. The van der Waals surface area contributed by atoms with Crippen LogP contribution < -0.4 is 4.72 Å². The summed E-state index contributed by atoms with van der Waals surface area (Å²) in [7, 11) is -3.43. The van der Waals surface area contributed by atoms with Crippen LogP contribution in [0.2, 0.25) is 0 Å². The third-order valence-electron chi connectivity index (χ3n) is 2.49. The second-order valence-corrected chi connectivity index (χ2v) is 5.79. The predicted octanol–water partition coefficient (Wildman–Crippen LogP) is 0.881. The first-order chi connectivity index (χ1) is 7.49. The highest BCUT2D eigenvalue weighted by atomic mass is 32.2. The molecule has 0 atom stereocenters. The Hall–Kier alpha value is -0.880. The second kappa shape index (κ2) is 6.00. The Morgan fingerprint density at radius 2 is 2.25 bits per heavy atom. The van der Waals surface area contributed by atoms with Crippen molar-refractivity contribution in [1.82, 2.24) is 4.72 Å². The Morgan fingerprint density at radius 3 is 2.81 bits per heavy atom. The minimum atomic E-state index is -3.43. The van der Waals surface area contributed by atoms with Crippen molar-refractivity contribution in [3.63, 3.8) is 0 Å². The first kappa shape index (κ1) is 13.2. The summed E-state index contributed by atoms with van der Waals surface area (Å²) in [5, 5.41) is 8.37. The summed E-state index contributed by atoms with van der Waals surface area (Å²) in [6, 6.07) is 0.